The van der Waals surface area contributed by atoms with Gasteiger partial charge < -0.3 is 15.4 Å². The minimum Gasteiger partial charge on any atom is -0.379 e. The molecule has 0 radical (unpaired) electrons. The van der Waals surface area contributed by atoms with E-state index in [-0.39, 0.29) is 0 Å². The molecule has 2 fully saturated rings. The van der Waals surface area contributed by atoms with Crippen molar-refractivity contribution in [3.05, 3.63) is 35.4 Å². The number of hydrogen-bond acceptors (Lipinski definition) is 3. The second-order valence-electron chi connectivity index (χ2n) is 6.82. The van der Waals surface area contributed by atoms with Crippen molar-refractivity contribution >= 4 is 5.96 Å². The fraction of sp³-hybridized carbons (Fsp3) is 0.632. The van der Waals surface area contributed by atoms with Gasteiger partial charge in [-0.1, -0.05) is 31.2 Å². The minimum atomic E-state index is 0.589. The number of ether oxygens (including phenoxy) is 1. The molecule has 0 spiro atoms. The van der Waals surface area contributed by atoms with E-state index in [2.05, 4.69) is 53.6 Å². The molecule has 1 heterocycles. The van der Waals surface area contributed by atoms with Crippen molar-refractivity contribution in [3.63, 3.8) is 0 Å². The van der Waals surface area contributed by atoms with Crippen LogP contribution in [0.1, 0.15) is 31.4 Å². The Bertz CT molecular complexity index is 554. The van der Waals surface area contributed by atoms with Gasteiger partial charge in [-0.25, -0.2) is 4.99 Å². The summed E-state index contributed by atoms with van der Waals surface area (Å²) in [6, 6.07) is 9.24. The van der Waals surface area contributed by atoms with Crippen molar-refractivity contribution in [2.45, 2.75) is 39.4 Å². The third kappa shape index (κ3) is 4.95. The van der Waals surface area contributed by atoms with Crippen molar-refractivity contribution in [2.24, 2.45) is 10.9 Å². The zero-order valence-electron chi connectivity index (χ0n) is 14.9. The van der Waals surface area contributed by atoms with Gasteiger partial charge in [0.2, 0.25) is 0 Å². The maximum atomic E-state index is 5.44. The van der Waals surface area contributed by atoms with E-state index in [1.165, 1.54) is 17.5 Å². The average Bonchev–Trinajstić information content (AvgIpc) is 3.30. The summed E-state index contributed by atoms with van der Waals surface area (Å²) in [7, 11) is 0. The average molecular weight is 330 g/mol. The summed E-state index contributed by atoms with van der Waals surface area (Å²) < 4.78 is 5.44. The van der Waals surface area contributed by atoms with Crippen LogP contribution in [0, 0.1) is 5.92 Å². The van der Waals surface area contributed by atoms with Gasteiger partial charge in [-0.15, -0.1) is 0 Å². The molecule has 1 aliphatic heterocycles. The van der Waals surface area contributed by atoms with Crippen molar-refractivity contribution in [2.75, 3.05) is 32.8 Å². The molecule has 1 saturated heterocycles. The van der Waals surface area contributed by atoms with Crippen LogP contribution in [0.3, 0.4) is 0 Å². The summed E-state index contributed by atoms with van der Waals surface area (Å²) in [5, 5.41) is 6.88. The van der Waals surface area contributed by atoms with Crippen LogP contribution in [-0.4, -0.2) is 49.7 Å². The lowest BCUT2D eigenvalue weighted by Gasteiger charge is -2.27. The van der Waals surface area contributed by atoms with E-state index >= 15 is 0 Å². The monoisotopic (exact) mass is 330 g/mol. The lowest BCUT2D eigenvalue weighted by Crippen LogP contribution is -2.39. The summed E-state index contributed by atoms with van der Waals surface area (Å²) in [5.41, 5.74) is 2.68. The highest BCUT2D eigenvalue weighted by molar-refractivity contribution is 5.80. The van der Waals surface area contributed by atoms with Crippen molar-refractivity contribution in [1.29, 1.82) is 0 Å². The van der Waals surface area contributed by atoms with E-state index in [0.717, 1.165) is 57.8 Å². The molecule has 132 valence electrons. The van der Waals surface area contributed by atoms with Gasteiger partial charge in [0.1, 0.15) is 0 Å². The number of benzene rings is 1. The van der Waals surface area contributed by atoms with Crippen LogP contribution < -0.4 is 10.6 Å². The first-order valence-electron chi connectivity index (χ1n) is 9.18. The minimum absolute atomic E-state index is 0.589. The molecule has 2 atom stereocenters. The van der Waals surface area contributed by atoms with Gasteiger partial charge in [0.15, 0.2) is 5.96 Å². The van der Waals surface area contributed by atoms with Crippen LogP contribution in [-0.2, 0) is 17.8 Å². The quantitative estimate of drug-likeness (QED) is 0.619. The maximum absolute atomic E-state index is 5.44. The second-order valence-corrected chi connectivity index (χ2v) is 6.82. The van der Waals surface area contributed by atoms with Crippen molar-refractivity contribution in [3.8, 4) is 0 Å². The fourth-order valence-electron chi connectivity index (χ4n) is 3.05. The molecule has 2 unspecified atom stereocenters. The van der Waals surface area contributed by atoms with Gasteiger partial charge in [0.05, 0.1) is 19.8 Å². The van der Waals surface area contributed by atoms with E-state index < -0.39 is 0 Å². The molecule has 2 N–H and O–H groups in total. The summed E-state index contributed by atoms with van der Waals surface area (Å²) in [4.78, 5) is 7.26. The molecule has 5 heteroatoms. The third-order valence-electron chi connectivity index (χ3n) is 4.80. The number of guanidine groups is 1. The molecule has 3 rings (SSSR count). The zero-order valence-corrected chi connectivity index (χ0v) is 14.9. The Morgan fingerprint density at radius 2 is 1.96 bits per heavy atom. The number of nitrogens with one attached hydrogen (secondary N) is 2. The van der Waals surface area contributed by atoms with Crippen LogP contribution in [0.4, 0.5) is 0 Å². The molecule has 1 aliphatic carbocycles. The van der Waals surface area contributed by atoms with Crippen LogP contribution in [0.2, 0.25) is 0 Å². The number of aliphatic imine (C=N–C) groups is 1. The molecular formula is C19H30N4O. The smallest absolute Gasteiger partial charge is 0.191 e. The number of hydrogen-bond donors (Lipinski definition) is 2. The van der Waals surface area contributed by atoms with Gasteiger partial charge >= 0.3 is 0 Å². The summed E-state index contributed by atoms with van der Waals surface area (Å²) in [6.45, 7) is 10.7. The molecule has 0 bridgehead atoms. The van der Waals surface area contributed by atoms with Gasteiger partial charge in [0, 0.05) is 32.2 Å². The number of rotatable bonds is 6. The lowest BCUT2D eigenvalue weighted by molar-refractivity contribution is 0.0341. The lowest BCUT2D eigenvalue weighted by atomic mass is 10.1. The third-order valence-corrected chi connectivity index (χ3v) is 4.80. The predicted octanol–water partition coefficient (Wildman–Crippen LogP) is 1.98. The maximum Gasteiger partial charge on any atom is 0.191 e. The summed E-state index contributed by atoms with van der Waals surface area (Å²) >= 11 is 0. The van der Waals surface area contributed by atoms with E-state index in [1.807, 2.05) is 0 Å². The van der Waals surface area contributed by atoms with E-state index in [4.69, 9.17) is 9.73 Å². The molecular weight excluding hydrogens is 300 g/mol. The Morgan fingerprint density at radius 3 is 2.62 bits per heavy atom. The Hall–Kier alpha value is -1.59. The van der Waals surface area contributed by atoms with E-state index in [0.29, 0.717) is 6.04 Å². The normalized spacial score (nSPS) is 24.7. The highest BCUT2D eigenvalue weighted by Gasteiger charge is 2.33. The van der Waals surface area contributed by atoms with Gasteiger partial charge in [-0.05, 0) is 30.4 Å². The molecule has 1 aromatic rings. The topological polar surface area (TPSA) is 48.9 Å². The summed E-state index contributed by atoms with van der Waals surface area (Å²) in [5.74, 6) is 1.70. The SMILES string of the molecule is CCNC(=NCc1ccccc1CN1CCOCC1)NC1CC1C. The predicted molar refractivity (Wildman–Crippen MR) is 98.1 cm³/mol. The fourth-order valence-corrected chi connectivity index (χ4v) is 3.05. The van der Waals surface area contributed by atoms with Crippen molar-refractivity contribution in [1.82, 2.24) is 15.5 Å². The van der Waals surface area contributed by atoms with E-state index in [1.54, 1.807) is 0 Å². The summed E-state index contributed by atoms with van der Waals surface area (Å²) in [6.07, 6.45) is 1.25. The van der Waals surface area contributed by atoms with E-state index in [9.17, 15) is 0 Å². The molecule has 1 saturated carbocycles. The highest BCUT2D eigenvalue weighted by Crippen LogP contribution is 2.28. The molecule has 5 nitrogen and oxygen atoms in total. The number of nitrogens with zero attached hydrogens (tertiary/aromatic N) is 2. The van der Waals surface area contributed by atoms with Gasteiger partial charge in [0.25, 0.3) is 0 Å². The Balaban J connectivity index is 1.63. The Morgan fingerprint density at radius 1 is 1.25 bits per heavy atom. The highest BCUT2D eigenvalue weighted by atomic mass is 16.5. The number of morpholine rings is 1. The van der Waals surface area contributed by atoms with Crippen LogP contribution in [0.15, 0.2) is 29.3 Å². The Labute approximate surface area is 145 Å². The Kier molecular flexibility index (Phi) is 6.10. The first kappa shape index (κ1) is 17.2. The van der Waals surface area contributed by atoms with Crippen LogP contribution in [0.25, 0.3) is 0 Å². The molecule has 0 amide bonds. The van der Waals surface area contributed by atoms with Crippen molar-refractivity contribution < 1.29 is 4.74 Å². The molecule has 1 aromatic carbocycles. The van der Waals surface area contributed by atoms with Gasteiger partial charge in [-0.3, -0.25) is 4.90 Å². The van der Waals surface area contributed by atoms with Crippen LogP contribution in [0.5, 0.6) is 0 Å². The van der Waals surface area contributed by atoms with Crippen LogP contribution >= 0.6 is 0 Å². The van der Waals surface area contributed by atoms with Gasteiger partial charge in [-0.2, -0.15) is 0 Å². The standard InChI is InChI=1S/C19H30N4O/c1-3-20-19(22-18-12-15(18)2)21-13-16-6-4-5-7-17(16)14-23-8-10-24-11-9-23/h4-7,15,18H,3,8-14H2,1-2H3,(H2,20,21,22). The second kappa shape index (κ2) is 8.49. The first-order valence-corrected chi connectivity index (χ1v) is 9.18. The molecule has 0 aromatic heterocycles. The first-order chi connectivity index (χ1) is 11.8. The molecule has 2 aliphatic rings. The molecule has 24 heavy (non-hydrogen) atoms. The largest absolute Gasteiger partial charge is 0.379 e. The zero-order chi connectivity index (χ0) is 16.8.